The summed E-state index contributed by atoms with van der Waals surface area (Å²) in [5, 5.41) is 3.04. The Morgan fingerprint density at radius 3 is 2.83 bits per heavy atom. The highest BCUT2D eigenvalue weighted by Gasteiger charge is 2.43. The molecule has 1 aliphatic rings. The van der Waals surface area contributed by atoms with Gasteiger partial charge in [0.15, 0.2) is 0 Å². The predicted octanol–water partition coefficient (Wildman–Crippen LogP) is 3.47. The van der Waals surface area contributed by atoms with Crippen LogP contribution in [-0.4, -0.2) is 17.3 Å². The molecule has 1 aromatic rings. The molecule has 0 radical (unpaired) electrons. The number of alkyl halides is 1. The molecule has 1 aromatic carbocycles. The van der Waals surface area contributed by atoms with Gasteiger partial charge in [0.05, 0.1) is 0 Å². The molecular weight excluding hydrogens is 290 g/mol. The third-order valence-electron chi connectivity index (χ3n) is 3.45. The second kappa shape index (κ2) is 6.37. The molecule has 2 nitrogen and oxygen atoms in total. The normalized spacial score (nSPS) is 23.4. The van der Waals surface area contributed by atoms with Crippen LogP contribution in [0, 0.1) is 5.92 Å². The highest BCUT2D eigenvalue weighted by molar-refractivity contribution is 9.09. The van der Waals surface area contributed by atoms with Crippen molar-refractivity contribution in [2.24, 2.45) is 5.92 Å². The van der Waals surface area contributed by atoms with E-state index in [9.17, 15) is 4.79 Å². The number of halogens is 1. The number of carbonyl (C=O) groups excluding carboxylic acids is 1. The zero-order valence-electron chi connectivity index (χ0n) is 10.7. The van der Waals surface area contributed by atoms with E-state index >= 15 is 0 Å². The van der Waals surface area contributed by atoms with Crippen LogP contribution in [-0.2, 0) is 4.79 Å². The van der Waals surface area contributed by atoms with Crippen molar-refractivity contribution < 1.29 is 4.79 Å². The third-order valence-corrected chi connectivity index (χ3v) is 4.24. The molecular formula is C15H20BrNO. The molecule has 0 aliphatic heterocycles. The molecule has 0 heterocycles. The van der Waals surface area contributed by atoms with E-state index in [1.807, 2.05) is 18.2 Å². The van der Waals surface area contributed by atoms with Gasteiger partial charge < -0.3 is 5.32 Å². The Bertz CT molecular complexity index is 393. The van der Waals surface area contributed by atoms with Crippen molar-refractivity contribution in [3.63, 3.8) is 0 Å². The fourth-order valence-electron chi connectivity index (χ4n) is 2.31. The van der Waals surface area contributed by atoms with Crippen LogP contribution in [0.15, 0.2) is 30.3 Å². The summed E-state index contributed by atoms with van der Waals surface area (Å²) in [6, 6.07) is 10.3. The van der Waals surface area contributed by atoms with Gasteiger partial charge in [-0.15, -0.1) is 0 Å². The van der Waals surface area contributed by atoms with Gasteiger partial charge >= 0.3 is 0 Å². The average Bonchev–Trinajstić information content (AvgIpc) is 3.18. The summed E-state index contributed by atoms with van der Waals surface area (Å²) < 4.78 is 0. The maximum atomic E-state index is 12.0. The van der Waals surface area contributed by atoms with E-state index < -0.39 is 0 Å². The largest absolute Gasteiger partial charge is 0.355 e. The lowest BCUT2D eigenvalue weighted by atomic mass is 10.1. The van der Waals surface area contributed by atoms with E-state index in [-0.39, 0.29) is 11.8 Å². The van der Waals surface area contributed by atoms with Gasteiger partial charge in [-0.3, -0.25) is 4.79 Å². The third kappa shape index (κ3) is 3.58. The summed E-state index contributed by atoms with van der Waals surface area (Å²) in [4.78, 5) is 12.4. The molecule has 0 spiro atoms. The van der Waals surface area contributed by atoms with Gasteiger partial charge in [-0.25, -0.2) is 0 Å². The molecule has 3 atom stereocenters. The lowest BCUT2D eigenvalue weighted by Crippen LogP contribution is -2.31. The number of amides is 1. The zero-order chi connectivity index (χ0) is 13.0. The van der Waals surface area contributed by atoms with Crippen molar-refractivity contribution >= 4 is 21.8 Å². The Balaban J connectivity index is 1.76. The van der Waals surface area contributed by atoms with Crippen LogP contribution >= 0.6 is 15.9 Å². The summed E-state index contributed by atoms with van der Waals surface area (Å²) in [5.74, 6) is 0.837. The van der Waals surface area contributed by atoms with Gasteiger partial charge in [-0.05, 0) is 24.3 Å². The molecule has 2 rings (SSSR count). The minimum Gasteiger partial charge on any atom is -0.355 e. The number of hydrogen-bond donors (Lipinski definition) is 1. The summed E-state index contributed by atoms with van der Waals surface area (Å²) in [7, 11) is 0. The number of nitrogens with one attached hydrogen (secondary N) is 1. The highest BCUT2D eigenvalue weighted by atomic mass is 79.9. The zero-order valence-corrected chi connectivity index (χ0v) is 12.3. The van der Waals surface area contributed by atoms with Crippen molar-refractivity contribution in [1.29, 1.82) is 0 Å². The highest BCUT2D eigenvalue weighted by Crippen LogP contribution is 2.47. The lowest BCUT2D eigenvalue weighted by Gasteiger charge is -2.09. The van der Waals surface area contributed by atoms with Crippen LogP contribution in [0.1, 0.15) is 37.7 Å². The standard InChI is InChI=1S/C15H20BrNO/c1-2-6-12(16)10-17-15(18)14-9-13(14)11-7-4-3-5-8-11/h3-5,7-8,12-14H,2,6,9-10H2,1H3,(H,17,18). The molecule has 1 N–H and O–H groups in total. The second-order valence-electron chi connectivity index (χ2n) is 4.99. The number of rotatable bonds is 6. The Hall–Kier alpha value is -0.830. The van der Waals surface area contributed by atoms with Crippen molar-refractivity contribution in [2.75, 3.05) is 6.54 Å². The topological polar surface area (TPSA) is 29.1 Å². The monoisotopic (exact) mass is 309 g/mol. The first-order valence-electron chi connectivity index (χ1n) is 6.69. The molecule has 3 unspecified atom stereocenters. The molecule has 1 amide bonds. The van der Waals surface area contributed by atoms with Gasteiger partial charge in [0, 0.05) is 17.3 Å². The lowest BCUT2D eigenvalue weighted by molar-refractivity contribution is -0.122. The Labute approximate surface area is 117 Å². The average molecular weight is 310 g/mol. The summed E-state index contributed by atoms with van der Waals surface area (Å²) in [6.07, 6.45) is 3.24. The fourth-order valence-corrected chi connectivity index (χ4v) is 2.93. The Morgan fingerprint density at radius 2 is 2.17 bits per heavy atom. The first kappa shape index (κ1) is 13.6. The Kier molecular flexibility index (Phi) is 4.81. The maximum Gasteiger partial charge on any atom is 0.223 e. The van der Waals surface area contributed by atoms with Crippen LogP contribution < -0.4 is 5.32 Å². The van der Waals surface area contributed by atoms with E-state index in [4.69, 9.17) is 0 Å². The molecule has 1 fully saturated rings. The first-order chi connectivity index (χ1) is 8.72. The quantitative estimate of drug-likeness (QED) is 0.801. The summed E-state index contributed by atoms with van der Waals surface area (Å²) >= 11 is 3.58. The van der Waals surface area contributed by atoms with Crippen molar-refractivity contribution in [1.82, 2.24) is 5.32 Å². The molecule has 0 saturated heterocycles. The molecule has 1 saturated carbocycles. The first-order valence-corrected chi connectivity index (χ1v) is 7.60. The van der Waals surface area contributed by atoms with Gasteiger partial charge in [0.1, 0.15) is 0 Å². The minimum absolute atomic E-state index is 0.189. The van der Waals surface area contributed by atoms with E-state index in [1.54, 1.807) is 0 Å². The minimum atomic E-state index is 0.189. The molecule has 3 heteroatoms. The summed E-state index contributed by atoms with van der Waals surface area (Å²) in [5.41, 5.74) is 1.29. The van der Waals surface area contributed by atoms with Crippen LogP contribution in [0.3, 0.4) is 0 Å². The van der Waals surface area contributed by atoms with Crippen LogP contribution in [0.2, 0.25) is 0 Å². The van der Waals surface area contributed by atoms with Crippen LogP contribution in [0.4, 0.5) is 0 Å². The molecule has 18 heavy (non-hydrogen) atoms. The SMILES string of the molecule is CCCC(Br)CNC(=O)C1CC1c1ccccc1. The molecule has 0 bridgehead atoms. The summed E-state index contributed by atoms with van der Waals surface area (Å²) in [6.45, 7) is 2.90. The van der Waals surface area contributed by atoms with E-state index in [1.165, 1.54) is 5.56 Å². The molecule has 0 aromatic heterocycles. The van der Waals surface area contributed by atoms with Gasteiger partial charge in [-0.1, -0.05) is 59.6 Å². The van der Waals surface area contributed by atoms with E-state index in [0.29, 0.717) is 10.7 Å². The second-order valence-corrected chi connectivity index (χ2v) is 6.29. The molecule has 98 valence electrons. The smallest absolute Gasteiger partial charge is 0.223 e. The van der Waals surface area contributed by atoms with Crippen molar-refractivity contribution in [3.8, 4) is 0 Å². The van der Waals surface area contributed by atoms with Gasteiger partial charge in [-0.2, -0.15) is 0 Å². The number of hydrogen-bond acceptors (Lipinski definition) is 1. The number of benzene rings is 1. The van der Waals surface area contributed by atoms with Crippen LogP contribution in [0.25, 0.3) is 0 Å². The fraction of sp³-hybridized carbons (Fsp3) is 0.533. The van der Waals surface area contributed by atoms with Gasteiger partial charge in [0.25, 0.3) is 0 Å². The molecule has 1 aliphatic carbocycles. The van der Waals surface area contributed by atoms with Gasteiger partial charge in [0.2, 0.25) is 5.91 Å². The number of carbonyl (C=O) groups is 1. The van der Waals surface area contributed by atoms with Crippen molar-refractivity contribution in [2.45, 2.75) is 36.9 Å². The van der Waals surface area contributed by atoms with E-state index in [2.05, 4.69) is 40.3 Å². The van der Waals surface area contributed by atoms with E-state index in [0.717, 1.165) is 25.8 Å². The maximum absolute atomic E-state index is 12.0. The van der Waals surface area contributed by atoms with Crippen LogP contribution in [0.5, 0.6) is 0 Å². The predicted molar refractivity (Wildman–Crippen MR) is 77.9 cm³/mol. The Morgan fingerprint density at radius 1 is 1.44 bits per heavy atom. The van der Waals surface area contributed by atoms with Crippen molar-refractivity contribution in [3.05, 3.63) is 35.9 Å².